The fourth-order valence-corrected chi connectivity index (χ4v) is 3.55. The van der Waals surface area contributed by atoms with Crippen molar-refractivity contribution in [3.63, 3.8) is 0 Å². The number of halogens is 3. The van der Waals surface area contributed by atoms with E-state index in [1.54, 1.807) is 11.6 Å². The Balaban J connectivity index is 1.68. The van der Waals surface area contributed by atoms with Crippen molar-refractivity contribution in [3.8, 4) is 17.1 Å². The number of pyridine rings is 1. The summed E-state index contributed by atoms with van der Waals surface area (Å²) in [6, 6.07) is 6.92. The Hall–Kier alpha value is -2.81. The number of rotatable bonds is 3. The molecule has 9 heteroatoms. The molecule has 6 nitrogen and oxygen atoms in total. The van der Waals surface area contributed by atoms with Gasteiger partial charge in [0.25, 0.3) is 0 Å². The number of aromatic nitrogens is 3. The molecule has 28 heavy (non-hydrogen) atoms. The molecule has 0 bridgehead atoms. The summed E-state index contributed by atoms with van der Waals surface area (Å²) in [5, 5.41) is 13.5. The molecular formula is C19H20F3N5O. The highest BCUT2D eigenvalue weighted by atomic mass is 19.4. The van der Waals surface area contributed by atoms with Gasteiger partial charge >= 0.3 is 6.18 Å². The van der Waals surface area contributed by atoms with Gasteiger partial charge in [0.2, 0.25) is 0 Å². The smallest absolute Gasteiger partial charge is 0.416 e. The summed E-state index contributed by atoms with van der Waals surface area (Å²) in [4.78, 5) is 11.2. The minimum atomic E-state index is -4.52. The van der Waals surface area contributed by atoms with Crippen molar-refractivity contribution in [2.24, 2.45) is 7.05 Å². The molecule has 0 amide bonds. The summed E-state index contributed by atoms with van der Waals surface area (Å²) >= 11 is 0. The lowest BCUT2D eigenvalue weighted by molar-refractivity contribution is -0.137. The van der Waals surface area contributed by atoms with Crippen molar-refractivity contribution < 1.29 is 18.3 Å². The number of aromatic hydroxyl groups is 1. The molecule has 1 aliphatic heterocycles. The van der Waals surface area contributed by atoms with Crippen LogP contribution in [0, 0.1) is 0 Å². The van der Waals surface area contributed by atoms with Crippen LogP contribution >= 0.6 is 0 Å². The normalized spacial score (nSPS) is 18.1. The maximum absolute atomic E-state index is 12.8. The molecule has 1 saturated heterocycles. The van der Waals surface area contributed by atoms with Crippen LogP contribution in [0.1, 0.15) is 12.0 Å². The maximum Gasteiger partial charge on any atom is 0.416 e. The number of fused-ring (bicyclic) bond motifs is 1. The fourth-order valence-electron chi connectivity index (χ4n) is 3.55. The number of alkyl halides is 3. The van der Waals surface area contributed by atoms with Crippen molar-refractivity contribution >= 4 is 17.0 Å². The molecule has 3 heterocycles. The Morgan fingerprint density at radius 3 is 2.57 bits per heavy atom. The van der Waals surface area contributed by atoms with Gasteiger partial charge < -0.3 is 19.9 Å². The van der Waals surface area contributed by atoms with Gasteiger partial charge in [0.1, 0.15) is 17.4 Å². The van der Waals surface area contributed by atoms with Gasteiger partial charge in [-0.25, -0.2) is 9.97 Å². The first-order valence-corrected chi connectivity index (χ1v) is 8.91. The van der Waals surface area contributed by atoms with Crippen LogP contribution in [0.3, 0.4) is 0 Å². The lowest BCUT2D eigenvalue weighted by Crippen LogP contribution is -2.23. The quantitative estimate of drug-likeness (QED) is 0.716. The van der Waals surface area contributed by atoms with Crippen LogP contribution in [0.15, 0.2) is 30.3 Å². The van der Waals surface area contributed by atoms with Gasteiger partial charge in [-0.15, -0.1) is 0 Å². The molecule has 1 aromatic carbocycles. The Morgan fingerprint density at radius 1 is 1.14 bits per heavy atom. The summed E-state index contributed by atoms with van der Waals surface area (Å²) < 4.78 is 40.2. The molecule has 2 N–H and O–H groups in total. The molecule has 3 aromatic rings. The Bertz CT molecular complexity index is 1030. The van der Waals surface area contributed by atoms with E-state index in [4.69, 9.17) is 0 Å². The summed E-state index contributed by atoms with van der Waals surface area (Å²) in [6.45, 7) is 1.97. The van der Waals surface area contributed by atoms with E-state index in [0.29, 0.717) is 29.4 Å². The zero-order valence-corrected chi connectivity index (χ0v) is 15.5. The lowest BCUT2D eigenvalue weighted by Gasteiger charge is -2.13. The summed E-state index contributed by atoms with van der Waals surface area (Å²) in [7, 11) is 3.81. The summed E-state index contributed by atoms with van der Waals surface area (Å²) in [5.41, 5.74) is 0.510. The topological polar surface area (TPSA) is 66.2 Å². The van der Waals surface area contributed by atoms with Crippen molar-refractivity contribution in [1.82, 2.24) is 19.4 Å². The van der Waals surface area contributed by atoms with Gasteiger partial charge in [-0.3, -0.25) is 0 Å². The highest BCUT2D eigenvalue weighted by Gasteiger charge is 2.31. The molecule has 0 radical (unpaired) electrons. The highest BCUT2D eigenvalue weighted by Crippen LogP contribution is 2.36. The zero-order chi connectivity index (χ0) is 20.1. The van der Waals surface area contributed by atoms with E-state index in [1.807, 2.05) is 12.1 Å². The second-order valence-corrected chi connectivity index (χ2v) is 7.16. The van der Waals surface area contributed by atoms with Crippen molar-refractivity contribution in [1.29, 1.82) is 0 Å². The summed E-state index contributed by atoms with van der Waals surface area (Å²) in [6.07, 6.45) is -3.48. The van der Waals surface area contributed by atoms with Gasteiger partial charge in [0.15, 0.2) is 5.65 Å². The Morgan fingerprint density at radius 2 is 1.93 bits per heavy atom. The van der Waals surface area contributed by atoms with Gasteiger partial charge in [0, 0.05) is 19.6 Å². The number of benzene rings is 1. The van der Waals surface area contributed by atoms with Crippen molar-refractivity contribution in [2.75, 3.05) is 25.5 Å². The van der Waals surface area contributed by atoms with Crippen molar-refractivity contribution in [2.45, 2.75) is 18.6 Å². The third kappa shape index (κ3) is 3.37. The average molecular weight is 391 g/mol. The van der Waals surface area contributed by atoms with Gasteiger partial charge in [-0.05, 0) is 50.3 Å². The van der Waals surface area contributed by atoms with Gasteiger partial charge in [0.05, 0.1) is 16.6 Å². The Kier molecular flexibility index (Phi) is 4.41. The maximum atomic E-state index is 12.8. The second kappa shape index (κ2) is 6.66. The van der Waals surface area contributed by atoms with E-state index in [2.05, 4.69) is 27.2 Å². The monoisotopic (exact) mass is 391 g/mol. The molecule has 148 valence electrons. The SMILES string of the molecule is CN1CCC(Nc2ccc3c(n2)nc(-c2ccc(C(F)(F)F)cc2O)n3C)C1. The van der Waals surface area contributed by atoms with E-state index in [-0.39, 0.29) is 5.56 Å². The first kappa shape index (κ1) is 18.5. The largest absolute Gasteiger partial charge is 0.507 e. The van der Waals surface area contributed by atoms with E-state index in [0.717, 1.165) is 31.1 Å². The van der Waals surface area contributed by atoms with Crippen LogP contribution < -0.4 is 5.32 Å². The number of likely N-dealkylation sites (N-methyl/N-ethyl adjacent to an activating group) is 1. The van der Waals surface area contributed by atoms with Crippen LogP contribution in [0.4, 0.5) is 19.0 Å². The third-order valence-corrected chi connectivity index (χ3v) is 5.05. The number of nitrogens with zero attached hydrogens (tertiary/aromatic N) is 4. The minimum Gasteiger partial charge on any atom is -0.507 e. The lowest BCUT2D eigenvalue weighted by atomic mass is 10.1. The predicted octanol–water partition coefficient (Wildman–Crippen LogP) is 3.48. The van der Waals surface area contributed by atoms with E-state index >= 15 is 0 Å². The van der Waals surface area contributed by atoms with E-state index in [9.17, 15) is 18.3 Å². The number of phenols is 1. The number of hydrogen-bond acceptors (Lipinski definition) is 5. The number of nitrogens with one attached hydrogen (secondary N) is 1. The van der Waals surface area contributed by atoms with Crippen LogP contribution in [0.5, 0.6) is 5.75 Å². The highest BCUT2D eigenvalue weighted by molar-refractivity contribution is 5.80. The number of aryl methyl sites for hydroxylation is 1. The fraction of sp³-hybridized carbons (Fsp3) is 0.368. The summed E-state index contributed by atoms with van der Waals surface area (Å²) in [5.74, 6) is 0.584. The average Bonchev–Trinajstić information content (AvgIpc) is 3.17. The van der Waals surface area contributed by atoms with Crippen LogP contribution in [-0.2, 0) is 13.2 Å². The predicted molar refractivity (Wildman–Crippen MR) is 100 cm³/mol. The number of imidazole rings is 1. The van der Waals surface area contributed by atoms with Crippen LogP contribution in [0.25, 0.3) is 22.6 Å². The number of anilines is 1. The van der Waals surface area contributed by atoms with Crippen LogP contribution in [-0.4, -0.2) is 50.7 Å². The van der Waals surface area contributed by atoms with Gasteiger partial charge in [-0.1, -0.05) is 0 Å². The van der Waals surface area contributed by atoms with E-state index < -0.39 is 17.5 Å². The van der Waals surface area contributed by atoms with Crippen LogP contribution in [0.2, 0.25) is 0 Å². The molecule has 2 aromatic heterocycles. The third-order valence-electron chi connectivity index (χ3n) is 5.05. The first-order valence-electron chi connectivity index (χ1n) is 8.91. The number of phenolic OH excluding ortho intramolecular Hbond substituents is 1. The Labute approximate surface area is 159 Å². The molecule has 0 spiro atoms. The molecule has 1 unspecified atom stereocenters. The van der Waals surface area contributed by atoms with Crippen molar-refractivity contribution in [3.05, 3.63) is 35.9 Å². The zero-order valence-electron chi connectivity index (χ0n) is 15.5. The first-order chi connectivity index (χ1) is 13.2. The minimum absolute atomic E-state index is 0.223. The van der Waals surface area contributed by atoms with Gasteiger partial charge in [-0.2, -0.15) is 13.2 Å². The molecular weight excluding hydrogens is 371 g/mol. The molecule has 1 atom stereocenters. The molecule has 0 saturated carbocycles. The molecule has 1 aliphatic rings. The standard InChI is InChI=1S/C19H20F3N5O/c1-26-8-7-12(10-26)23-16-6-5-14-17(24-16)25-18(27(14)2)13-4-3-11(9-15(13)28)19(20,21)22/h3-6,9,12,28H,7-8,10H2,1-2H3,(H,23,24). The molecule has 4 rings (SSSR count). The number of likely N-dealkylation sites (tertiary alicyclic amines) is 1. The molecule has 1 fully saturated rings. The number of hydrogen-bond donors (Lipinski definition) is 2. The second-order valence-electron chi connectivity index (χ2n) is 7.16. The van der Waals surface area contributed by atoms with E-state index in [1.165, 1.54) is 6.07 Å². The molecule has 0 aliphatic carbocycles.